The molecule has 0 unspecified atom stereocenters. The van der Waals surface area contributed by atoms with Crippen LogP contribution in [0.1, 0.15) is 20.8 Å². The van der Waals surface area contributed by atoms with Crippen LogP contribution in [0.25, 0.3) is 0 Å². The Bertz CT molecular complexity index is 521. The van der Waals surface area contributed by atoms with Crippen molar-refractivity contribution in [3.63, 3.8) is 0 Å². The molecule has 0 aliphatic carbocycles. The molecule has 1 rings (SSSR count). The average Bonchev–Trinajstić information content (AvgIpc) is 2.21. The highest BCUT2D eigenvalue weighted by molar-refractivity contribution is 6.29. The van der Waals surface area contributed by atoms with Gasteiger partial charge in [-0.05, 0) is 20.8 Å². The van der Waals surface area contributed by atoms with E-state index in [0.29, 0.717) is 6.61 Å². The van der Waals surface area contributed by atoms with Crippen LogP contribution in [0.4, 0.5) is 4.39 Å². The molecule has 0 saturated carbocycles. The molecule has 0 aromatic carbocycles. The van der Waals surface area contributed by atoms with E-state index in [-0.39, 0.29) is 6.54 Å². The Morgan fingerprint density at radius 2 is 2.06 bits per heavy atom. The molecule has 1 aromatic rings. The van der Waals surface area contributed by atoms with Gasteiger partial charge in [-0.2, -0.15) is 4.39 Å². The number of aromatic nitrogens is 2. The van der Waals surface area contributed by atoms with Crippen LogP contribution in [0.5, 0.6) is 0 Å². The SMILES string of the molecule is CCOC(C)(C)Cn1c(=O)[nH]c(Cl)c(F)c1=O. The van der Waals surface area contributed by atoms with E-state index in [4.69, 9.17) is 16.3 Å². The Hall–Kier alpha value is -1.14. The Morgan fingerprint density at radius 1 is 1.47 bits per heavy atom. The van der Waals surface area contributed by atoms with Crippen LogP contribution >= 0.6 is 11.6 Å². The average molecular weight is 265 g/mol. The van der Waals surface area contributed by atoms with E-state index in [1.54, 1.807) is 20.8 Å². The van der Waals surface area contributed by atoms with Crippen molar-refractivity contribution in [3.8, 4) is 0 Å². The summed E-state index contributed by atoms with van der Waals surface area (Å²) in [6.07, 6.45) is 0. The Morgan fingerprint density at radius 3 is 2.59 bits per heavy atom. The van der Waals surface area contributed by atoms with Gasteiger partial charge in [0, 0.05) is 6.61 Å². The highest BCUT2D eigenvalue weighted by Gasteiger charge is 2.22. The highest BCUT2D eigenvalue weighted by Crippen LogP contribution is 2.11. The predicted molar refractivity (Wildman–Crippen MR) is 62.0 cm³/mol. The lowest BCUT2D eigenvalue weighted by molar-refractivity contribution is -0.0240. The van der Waals surface area contributed by atoms with E-state index >= 15 is 0 Å². The van der Waals surface area contributed by atoms with Crippen molar-refractivity contribution in [2.75, 3.05) is 6.61 Å². The zero-order valence-corrected chi connectivity index (χ0v) is 10.6. The second-order valence-corrected chi connectivity index (χ2v) is 4.52. The zero-order chi connectivity index (χ0) is 13.2. The lowest BCUT2D eigenvalue weighted by Gasteiger charge is -2.24. The summed E-state index contributed by atoms with van der Waals surface area (Å²) in [6, 6.07) is 0. The summed E-state index contributed by atoms with van der Waals surface area (Å²) < 4.78 is 19.3. The Balaban J connectivity index is 3.21. The molecule has 0 saturated heterocycles. The van der Waals surface area contributed by atoms with E-state index < -0.39 is 27.8 Å². The lowest BCUT2D eigenvalue weighted by Crippen LogP contribution is -2.44. The summed E-state index contributed by atoms with van der Waals surface area (Å²) in [5.74, 6) is -1.17. The monoisotopic (exact) mass is 264 g/mol. The smallest absolute Gasteiger partial charge is 0.329 e. The first-order valence-electron chi connectivity index (χ1n) is 5.10. The summed E-state index contributed by atoms with van der Waals surface area (Å²) in [5.41, 5.74) is -2.55. The van der Waals surface area contributed by atoms with Gasteiger partial charge >= 0.3 is 5.69 Å². The molecule has 7 heteroatoms. The molecule has 1 N–H and O–H groups in total. The van der Waals surface area contributed by atoms with E-state index in [0.717, 1.165) is 4.57 Å². The van der Waals surface area contributed by atoms with Gasteiger partial charge in [-0.3, -0.25) is 14.3 Å². The Labute approximate surface area is 102 Å². The van der Waals surface area contributed by atoms with Crippen LogP contribution < -0.4 is 11.2 Å². The number of ether oxygens (including phenoxy) is 1. The number of aromatic amines is 1. The summed E-state index contributed by atoms with van der Waals surface area (Å²) in [7, 11) is 0. The molecular formula is C10H14ClFN2O3. The van der Waals surface area contributed by atoms with Crippen LogP contribution in [-0.4, -0.2) is 21.8 Å². The van der Waals surface area contributed by atoms with Crippen LogP contribution in [0.15, 0.2) is 9.59 Å². The molecule has 0 amide bonds. The summed E-state index contributed by atoms with van der Waals surface area (Å²) in [6.45, 7) is 5.57. The largest absolute Gasteiger partial charge is 0.374 e. The number of hydrogen-bond acceptors (Lipinski definition) is 3. The first-order valence-corrected chi connectivity index (χ1v) is 5.48. The van der Waals surface area contributed by atoms with Gasteiger partial charge in [-0.25, -0.2) is 4.79 Å². The standard InChI is InChI=1S/C10H14ClFN2O3/c1-4-17-10(2,3)5-14-8(15)6(12)7(11)13-9(14)16/h4-5H2,1-3H3,(H,13,16). The second-order valence-electron chi connectivity index (χ2n) is 4.14. The molecule has 1 aromatic heterocycles. The van der Waals surface area contributed by atoms with Crippen molar-refractivity contribution in [3.05, 3.63) is 31.8 Å². The van der Waals surface area contributed by atoms with E-state index in [2.05, 4.69) is 4.98 Å². The van der Waals surface area contributed by atoms with Gasteiger partial charge in [0.1, 0.15) is 0 Å². The Kier molecular flexibility index (Phi) is 4.11. The van der Waals surface area contributed by atoms with Gasteiger partial charge in [0.25, 0.3) is 5.56 Å². The maximum atomic E-state index is 13.3. The highest BCUT2D eigenvalue weighted by atomic mass is 35.5. The molecule has 96 valence electrons. The first kappa shape index (κ1) is 13.9. The third kappa shape index (κ3) is 3.17. The minimum absolute atomic E-state index is 0.0525. The van der Waals surface area contributed by atoms with Gasteiger partial charge in [0.05, 0.1) is 12.1 Å². The third-order valence-electron chi connectivity index (χ3n) is 2.16. The van der Waals surface area contributed by atoms with Crippen LogP contribution in [0.2, 0.25) is 5.15 Å². The van der Waals surface area contributed by atoms with Crippen LogP contribution in [0, 0.1) is 5.82 Å². The fourth-order valence-electron chi connectivity index (χ4n) is 1.48. The van der Waals surface area contributed by atoms with E-state index in [9.17, 15) is 14.0 Å². The van der Waals surface area contributed by atoms with Gasteiger partial charge in [0.2, 0.25) is 5.82 Å². The number of H-pyrrole nitrogens is 1. The fourth-order valence-corrected chi connectivity index (χ4v) is 1.64. The molecule has 5 nitrogen and oxygen atoms in total. The summed E-state index contributed by atoms with van der Waals surface area (Å²) in [5, 5.41) is -0.578. The van der Waals surface area contributed by atoms with Crippen molar-refractivity contribution in [1.29, 1.82) is 0 Å². The van der Waals surface area contributed by atoms with Gasteiger partial charge in [-0.15, -0.1) is 0 Å². The molecule has 0 fully saturated rings. The molecule has 0 spiro atoms. The molecular weight excluding hydrogens is 251 g/mol. The quantitative estimate of drug-likeness (QED) is 0.830. The minimum Gasteiger partial charge on any atom is -0.374 e. The van der Waals surface area contributed by atoms with Gasteiger partial charge in [0.15, 0.2) is 5.15 Å². The van der Waals surface area contributed by atoms with Crippen molar-refractivity contribution in [2.45, 2.75) is 32.9 Å². The second kappa shape index (κ2) is 5.01. The minimum atomic E-state index is -1.17. The third-order valence-corrected chi connectivity index (χ3v) is 2.42. The molecule has 0 bridgehead atoms. The van der Waals surface area contributed by atoms with Crippen molar-refractivity contribution >= 4 is 11.6 Å². The maximum Gasteiger partial charge on any atom is 0.329 e. The number of hydrogen-bond donors (Lipinski definition) is 1. The number of rotatable bonds is 4. The molecule has 17 heavy (non-hydrogen) atoms. The van der Waals surface area contributed by atoms with Crippen LogP contribution in [-0.2, 0) is 11.3 Å². The van der Waals surface area contributed by atoms with Crippen molar-refractivity contribution in [1.82, 2.24) is 9.55 Å². The van der Waals surface area contributed by atoms with Gasteiger partial charge in [-0.1, -0.05) is 11.6 Å². The van der Waals surface area contributed by atoms with Crippen molar-refractivity contribution < 1.29 is 9.13 Å². The molecule has 0 radical (unpaired) electrons. The fraction of sp³-hybridized carbons (Fsp3) is 0.600. The topological polar surface area (TPSA) is 64.1 Å². The first-order chi connectivity index (χ1) is 7.78. The van der Waals surface area contributed by atoms with Crippen molar-refractivity contribution in [2.24, 2.45) is 0 Å². The molecule has 1 heterocycles. The van der Waals surface area contributed by atoms with Crippen LogP contribution in [0.3, 0.4) is 0 Å². The molecule has 0 aliphatic heterocycles. The lowest BCUT2D eigenvalue weighted by atomic mass is 10.1. The molecule has 0 aliphatic rings. The van der Waals surface area contributed by atoms with E-state index in [1.807, 2.05) is 0 Å². The predicted octanol–water partition coefficient (Wildman–Crippen LogP) is 1.14. The number of nitrogens with one attached hydrogen (secondary N) is 1. The zero-order valence-electron chi connectivity index (χ0n) is 9.84. The number of nitrogens with zero attached hydrogens (tertiary/aromatic N) is 1. The van der Waals surface area contributed by atoms with Gasteiger partial charge < -0.3 is 4.74 Å². The maximum absolute atomic E-state index is 13.3. The number of halogens is 2. The normalized spacial score (nSPS) is 11.8. The summed E-state index contributed by atoms with van der Waals surface area (Å²) in [4.78, 5) is 25.1. The summed E-state index contributed by atoms with van der Waals surface area (Å²) >= 11 is 5.35. The van der Waals surface area contributed by atoms with E-state index in [1.165, 1.54) is 0 Å². The molecule has 0 atom stereocenters.